The molecule has 1 aromatic rings. The van der Waals surface area contributed by atoms with E-state index in [0.717, 1.165) is 6.54 Å². The van der Waals surface area contributed by atoms with Crippen LogP contribution in [0.1, 0.15) is 31.6 Å². The molecule has 0 fully saturated rings. The molecule has 0 aliphatic carbocycles. The van der Waals surface area contributed by atoms with Crippen molar-refractivity contribution in [2.75, 3.05) is 6.54 Å². The van der Waals surface area contributed by atoms with Crippen LogP contribution >= 0.6 is 11.3 Å². The lowest BCUT2D eigenvalue weighted by Gasteiger charge is -2.28. The van der Waals surface area contributed by atoms with E-state index >= 15 is 0 Å². The van der Waals surface area contributed by atoms with Crippen molar-refractivity contribution in [3.05, 3.63) is 22.4 Å². The van der Waals surface area contributed by atoms with E-state index in [1.165, 1.54) is 4.88 Å². The zero-order valence-corrected chi connectivity index (χ0v) is 8.82. The quantitative estimate of drug-likeness (QED) is 0.749. The van der Waals surface area contributed by atoms with Gasteiger partial charge in [0, 0.05) is 17.3 Å². The predicted octanol–water partition coefficient (Wildman–Crippen LogP) is 2.84. The zero-order valence-electron chi connectivity index (χ0n) is 8.00. The Bertz CT molecular complexity index is 220. The highest BCUT2D eigenvalue weighted by Gasteiger charge is 2.25. The molecular formula is C10H17NS. The fourth-order valence-corrected chi connectivity index (χ4v) is 2.47. The first kappa shape index (κ1) is 9.75. The van der Waals surface area contributed by atoms with Gasteiger partial charge in [0.25, 0.3) is 0 Å². The summed E-state index contributed by atoms with van der Waals surface area (Å²) in [5.74, 6) is 0.498. The zero-order chi connectivity index (χ0) is 9.19. The molecule has 1 atom stereocenters. The van der Waals surface area contributed by atoms with Crippen molar-refractivity contribution < 1.29 is 0 Å². The van der Waals surface area contributed by atoms with Gasteiger partial charge < -0.3 is 5.73 Å². The first-order valence-corrected chi connectivity index (χ1v) is 5.17. The molecule has 0 aromatic carbocycles. The molecule has 0 bridgehead atoms. The minimum atomic E-state index is 0.277. The molecule has 0 saturated carbocycles. The average Bonchev–Trinajstić information content (AvgIpc) is 2.38. The van der Waals surface area contributed by atoms with E-state index in [-0.39, 0.29) is 5.41 Å². The van der Waals surface area contributed by atoms with Gasteiger partial charge >= 0.3 is 0 Å². The number of nitrogens with two attached hydrogens (primary N) is 1. The maximum Gasteiger partial charge on any atom is 0.0104 e. The van der Waals surface area contributed by atoms with Crippen LogP contribution in [-0.4, -0.2) is 6.54 Å². The highest BCUT2D eigenvalue weighted by molar-refractivity contribution is 7.10. The molecule has 2 N–H and O–H groups in total. The van der Waals surface area contributed by atoms with E-state index < -0.39 is 0 Å². The summed E-state index contributed by atoms with van der Waals surface area (Å²) in [6.45, 7) is 7.46. The minimum Gasteiger partial charge on any atom is -0.330 e. The summed E-state index contributed by atoms with van der Waals surface area (Å²) in [7, 11) is 0. The number of rotatable bonds is 2. The SMILES string of the molecule is CC(C)(C)C(CN)c1cccs1. The van der Waals surface area contributed by atoms with Crippen LogP contribution in [0.5, 0.6) is 0 Å². The summed E-state index contributed by atoms with van der Waals surface area (Å²) in [4.78, 5) is 1.41. The summed E-state index contributed by atoms with van der Waals surface area (Å²) in [5, 5.41) is 2.11. The number of hydrogen-bond donors (Lipinski definition) is 1. The minimum absolute atomic E-state index is 0.277. The van der Waals surface area contributed by atoms with Gasteiger partial charge in [0.15, 0.2) is 0 Å². The van der Waals surface area contributed by atoms with Crippen molar-refractivity contribution in [3.8, 4) is 0 Å². The highest BCUT2D eigenvalue weighted by atomic mass is 32.1. The Hall–Kier alpha value is -0.340. The first-order chi connectivity index (χ1) is 5.55. The number of hydrogen-bond acceptors (Lipinski definition) is 2. The van der Waals surface area contributed by atoms with Gasteiger partial charge in [-0.15, -0.1) is 11.3 Å². The molecule has 0 amide bonds. The Morgan fingerprint density at radius 1 is 1.50 bits per heavy atom. The normalized spacial score (nSPS) is 14.7. The maximum absolute atomic E-state index is 5.76. The Morgan fingerprint density at radius 3 is 2.50 bits per heavy atom. The van der Waals surface area contributed by atoms with Crippen LogP contribution in [0.25, 0.3) is 0 Å². The molecule has 2 heteroatoms. The van der Waals surface area contributed by atoms with Gasteiger partial charge in [-0.25, -0.2) is 0 Å². The van der Waals surface area contributed by atoms with E-state index in [1.54, 1.807) is 11.3 Å². The van der Waals surface area contributed by atoms with Gasteiger partial charge in [-0.1, -0.05) is 26.8 Å². The van der Waals surface area contributed by atoms with Gasteiger partial charge in [0.2, 0.25) is 0 Å². The summed E-state index contributed by atoms with van der Waals surface area (Å²) < 4.78 is 0. The van der Waals surface area contributed by atoms with Gasteiger partial charge in [-0.05, 0) is 16.9 Å². The van der Waals surface area contributed by atoms with Gasteiger partial charge in [0.1, 0.15) is 0 Å². The molecule has 68 valence electrons. The van der Waals surface area contributed by atoms with E-state index in [1.807, 2.05) is 0 Å². The average molecular weight is 183 g/mol. The van der Waals surface area contributed by atoms with Crippen LogP contribution < -0.4 is 5.73 Å². The molecule has 0 aliphatic rings. The standard InChI is InChI=1S/C10H17NS/c1-10(2,3)8(7-11)9-5-4-6-12-9/h4-6,8H,7,11H2,1-3H3. The van der Waals surface area contributed by atoms with Gasteiger partial charge in [0.05, 0.1) is 0 Å². The highest BCUT2D eigenvalue weighted by Crippen LogP contribution is 2.36. The largest absolute Gasteiger partial charge is 0.330 e. The second-order valence-electron chi connectivity index (χ2n) is 4.17. The Labute approximate surface area is 78.6 Å². The molecule has 0 spiro atoms. The van der Waals surface area contributed by atoms with Crippen molar-refractivity contribution >= 4 is 11.3 Å². The fraction of sp³-hybridized carbons (Fsp3) is 0.600. The number of thiophene rings is 1. The molecular weight excluding hydrogens is 166 g/mol. The van der Waals surface area contributed by atoms with Crippen LogP contribution in [-0.2, 0) is 0 Å². The predicted molar refractivity (Wildman–Crippen MR) is 55.6 cm³/mol. The molecule has 0 saturated heterocycles. The van der Waals surface area contributed by atoms with Crippen LogP contribution in [0.4, 0.5) is 0 Å². The maximum atomic E-state index is 5.76. The van der Waals surface area contributed by atoms with E-state index in [2.05, 4.69) is 38.3 Å². The lowest BCUT2D eigenvalue weighted by atomic mass is 9.80. The molecule has 1 rings (SSSR count). The summed E-state index contributed by atoms with van der Waals surface area (Å²) in [6, 6.07) is 4.27. The second-order valence-corrected chi connectivity index (χ2v) is 5.15. The fourth-order valence-electron chi connectivity index (χ4n) is 1.39. The summed E-state index contributed by atoms with van der Waals surface area (Å²) in [5.41, 5.74) is 6.03. The Balaban J connectivity index is 2.84. The Morgan fingerprint density at radius 2 is 2.17 bits per heavy atom. The van der Waals surface area contributed by atoms with Crippen molar-refractivity contribution in [2.45, 2.75) is 26.7 Å². The van der Waals surface area contributed by atoms with Gasteiger partial charge in [-0.3, -0.25) is 0 Å². The lowest BCUT2D eigenvalue weighted by molar-refractivity contribution is 0.329. The molecule has 1 nitrogen and oxygen atoms in total. The third-order valence-corrected chi connectivity index (χ3v) is 3.15. The van der Waals surface area contributed by atoms with Gasteiger partial charge in [-0.2, -0.15) is 0 Å². The van der Waals surface area contributed by atoms with E-state index in [4.69, 9.17) is 5.73 Å². The van der Waals surface area contributed by atoms with Crippen LogP contribution in [0, 0.1) is 5.41 Å². The lowest BCUT2D eigenvalue weighted by Crippen LogP contribution is -2.25. The molecule has 1 unspecified atom stereocenters. The molecule has 0 radical (unpaired) electrons. The first-order valence-electron chi connectivity index (χ1n) is 4.29. The van der Waals surface area contributed by atoms with Crippen molar-refractivity contribution in [2.24, 2.45) is 11.1 Å². The third-order valence-electron chi connectivity index (χ3n) is 2.17. The van der Waals surface area contributed by atoms with Crippen molar-refractivity contribution in [1.29, 1.82) is 0 Å². The third kappa shape index (κ3) is 2.08. The van der Waals surface area contributed by atoms with Crippen LogP contribution in [0.15, 0.2) is 17.5 Å². The van der Waals surface area contributed by atoms with Crippen LogP contribution in [0.2, 0.25) is 0 Å². The molecule has 0 aliphatic heterocycles. The second kappa shape index (κ2) is 3.58. The Kier molecular flexibility index (Phi) is 2.91. The molecule has 12 heavy (non-hydrogen) atoms. The topological polar surface area (TPSA) is 26.0 Å². The summed E-state index contributed by atoms with van der Waals surface area (Å²) >= 11 is 1.80. The molecule has 1 aromatic heterocycles. The van der Waals surface area contributed by atoms with E-state index in [0.29, 0.717) is 5.92 Å². The van der Waals surface area contributed by atoms with Crippen molar-refractivity contribution in [1.82, 2.24) is 0 Å². The summed E-state index contributed by atoms with van der Waals surface area (Å²) in [6.07, 6.45) is 0. The monoisotopic (exact) mass is 183 g/mol. The molecule has 1 heterocycles. The van der Waals surface area contributed by atoms with Crippen molar-refractivity contribution in [3.63, 3.8) is 0 Å². The van der Waals surface area contributed by atoms with Crippen LogP contribution in [0.3, 0.4) is 0 Å². The smallest absolute Gasteiger partial charge is 0.0104 e. The van der Waals surface area contributed by atoms with E-state index in [9.17, 15) is 0 Å².